The largest absolute Gasteiger partial charge is 0.458 e. The van der Waals surface area contributed by atoms with E-state index < -0.39 is 0 Å². The van der Waals surface area contributed by atoms with E-state index in [1.165, 1.54) is 4.80 Å². The van der Waals surface area contributed by atoms with Gasteiger partial charge in [-0.1, -0.05) is 12.1 Å². The molecule has 1 aromatic carbocycles. The third-order valence-electron chi connectivity index (χ3n) is 5.03. The molecule has 1 aliphatic rings. The smallest absolute Gasteiger partial charge is 0.319 e. The van der Waals surface area contributed by atoms with E-state index in [0.29, 0.717) is 41.8 Å². The fourth-order valence-corrected chi connectivity index (χ4v) is 3.69. The van der Waals surface area contributed by atoms with Crippen LogP contribution in [0.25, 0.3) is 11.3 Å². The Morgan fingerprint density at radius 2 is 1.97 bits per heavy atom. The van der Waals surface area contributed by atoms with Gasteiger partial charge in [0, 0.05) is 18.8 Å². The number of benzene rings is 1. The van der Waals surface area contributed by atoms with Gasteiger partial charge < -0.3 is 9.64 Å². The minimum Gasteiger partial charge on any atom is -0.458 e. The molecule has 1 amide bonds. The van der Waals surface area contributed by atoms with Crippen LogP contribution in [0, 0.1) is 6.92 Å². The quantitative estimate of drug-likeness (QED) is 0.510. The minimum absolute atomic E-state index is 0.0704. The summed E-state index contributed by atoms with van der Waals surface area (Å²) in [5, 5.41) is 12.7. The summed E-state index contributed by atoms with van der Waals surface area (Å²) >= 11 is 0. The number of aryl methyl sites for hydroxylation is 1. The second-order valence-corrected chi connectivity index (χ2v) is 7.13. The molecule has 0 bridgehead atoms. The van der Waals surface area contributed by atoms with E-state index in [0.717, 1.165) is 12.8 Å². The Bertz CT molecular complexity index is 1190. The Morgan fingerprint density at radius 1 is 1.13 bits per heavy atom. The fourth-order valence-electron chi connectivity index (χ4n) is 3.69. The van der Waals surface area contributed by atoms with Gasteiger partial charge in [0.15, 0.2) is 5.65 Å². The third-order valence-corrected chi connectivity index (χ3v) is 5.03. The van der Waals surface area contributed by atoms with Gasteiger partial charge in [-0.25, -0.2) is 9.97 Å². The zero-order valence-electron chi connectivity index (χ0n) is 16.4. The molecule has 1 aliphatic heterocycles. The molecule has 1 saturated heterocycles. The van der Waals surface area contributed by atoms with Gasteiger partial charge in [0.1, 0.15) is 11.9 Å². The lowest BCUT2D eigenvalue weighted by Gasteiger charge is -2.32. The summed E-state index contributed by atoms with van der Waals surface area (Å²) in [7, 11) is 0. The van der Waals surface area contributed by atoms with Crippen molar-refractivity contribution in [3.63, 3.8) is 0 Å². The predicted octanol–water partition coefficient (Wildman–Crippen LogP) is 1.70. The van der Waals surface area contributed by atoms with Crippen molar-refractivity contribution < 1.29 is 9.53 Å². The van der Waals surface area contributed by atoms with Crippen LogP contribution in [0.1, 0.15) is 29.0 Å². The molecule has 4 heterocycles. The van der Waals surface area contributed by atoms with Crippen molar-refractivity contribution in [3.05, 3.63) is 60.3 Å². The summed E-state index contributed by atoms with van der Waals surface area (Å²) in [5.74, 6) is 0.580. The first kappa shape index (κ1) is 18.2. The van der Waals surface area contributed by atoms with Crippen molar-refractivity contribution in [2.45, 2.75) is 25.9 Å². The lowest BCUT2D eigenvalue weighted by Crippen LogP contribution is -2.45. The molecule has 1 fully saturated rings. The van der Waals surface area contributed by atoms with E-state index in [2.05, 4.69) is 25.3 Å². The lowest BCUT2D eigenvalue weighted by molar-refractivity contribution is 0.0509. The molecule has 1 atom stereocenters. The fraction of sp³-hybridized carbons (Fsp3) is 0.300. The Hall–Kier alpha value is -3.82. The number of carbonyl (C=O) groups excluding carboxylic acids is 1. The molecule has 4 aromatic rings. The molecule has 0 spiro atoms. The van der Waals surface area contributed by atoms with Gasteiger partial charge in [0.25, 0.3) is 5.91 Å². The Labute approximate surface area is 172 Å². The predicted molar refractivity (Wildman–Crippen MR) is 106 cm³/mol. The second-order valence-electron chi connectivity index (χ2n) is 7.13. The van der Waals surface area contributed by atoms with E-state index in [9.17, 15) is 4.79 Å². The summed E-state index contributed by atoms with van der Waals surface area (Å²) in [4.78, 5) is 25.2. The monoisotopic (exact) mass is 404 g/mol. The maximum atomic E-state index is 13.3. The summed E-state index contributed by atoms with van der Waals surface area (Å²) in [6.45, 7) is 2.95. The van der Waals surface area contributed by atoms with Gasteiger partial charge in [-0.15, -0.1) is 5.10 Å². The van der Waals surface area contributed by atoms with Crippen molar-refractivity contribution in [2.75, 3.05) is 13.1 Å². The maximum absolute atomic E-state index is 13.3. The Balaban J connectivity index is 1.36. The number of rotatable bonds is 4. The number of amides is 1. The van der Waals surface area contributed by atoms with Crippen LogP contribution in [0.3, 0.4) is 0 Å². The molecule has 3 aromatic heterocycles. The van der Waals surface area contributed by atoms with Crippen LogP contribution in [0.4, 0.5) is 0 Å². The zero-order chi connectivity index (χ0) is 20.5. The minimum atomic E-state index is -0.180. The second kappa shape index (κ2) is 7.54. The normalized spacial score (nSPS) is 16.7. The van der Waals surface area contributed by atoms with Gasteiger partial charge in [0.05, 0.1) is 30.2 Å². The first-order valence-corrected chi connectivity index (χ1v) is 9.79. The van der Waals surface area contributed by atoms with Crippen LogP contribution in [0.5, 0.6) is 6.01 Å². The molecule has 1 unspecified atom stereocenters. The van der Waals surface area contributed by atoms with Gasteiger partial charge >= 0.3 is 6.01 Å². The molecular weight excluding hydrogens is 384 g/mol. The molecule has 0 saturated carbocycles. The summed E-state index contributed by atoms with van der Waals surface area (Å²) in [5.41, 5.74) is 1.89. The third kappa shape index (κ3) is 3.36. The maximum Gasteiger partial charge on any atom is 0.319 e. The van der Waals surface area contributed by atoms with E-state index in [-0.39, 0.29) is 12.0 Å². The molecule has 5 rings (SSSR count). The van der Waals surface area contributed by atoms with Crippen molar-refractivity contribution in [1.29, 1.82) is 0 Å². The summed E-state index contributed by atoms with van der Waals surface area (Å²) in [6.07, 6.45) is 6.32. The average molecular weight is 404 g/mol. The Morgan fingerprint density at radius 3 is 2.83 bits per heavy atom. The average Bonchev–Trinajstić information content (AvgIpc) is 3.43. The number of fused-ring (bicyclic) bond motifs is 1. The van der Waals surface area contributed by atoms with Gasteiger partial charge in [-0.2, -0.15) is 19.5 Å². The topological polar surface area (TPSA) is 103 Å². The Kier molecular flexibility index (Phi) is 4.58. The SMILES string of the molecule is Cc1nc2ccnc(OC3CCCN(C(=O)c4ccccc4-n4nccn4)C3)n2n1. The summed E-state index contributed by atoms with van der Waals surface area (Å²) < 4.78 is 7.72. The van der Waals surface area contributed by atoms with Gasteiger partial charge in [-0.3, -0.25) is 4.79 Å². The highest BCUT2D eigenvalue weighted by molar-refractivity contribution is 5.97. The first-order chi connectivity index (χ1) is 14.7. The van der Waals surface area contributed by atoms with Crippen molar-refractivity contribution >= 4 is 11.6 Å². The molecule has 30 heavy (non-hydrogen) atoms. The first-order valence-electron chi connectivity index (χ1n) is 9.79. The number of carbonyl (C=O) groups is 1. The highest BCUT2D eigenvalue weighted by Crippen LogP contribution is 2.21. The van der Waals surface area contributed by atoms with Crippen LogP contribution < -0.4 is 4.74 Å². The molecule has 10 heteroatoms. The van der Waals surface area contributed by atoms with Crippen molar-refractivity contribution in [3.8, 4) is 11.7 Å². The van der Waals surface area contributed by atoms with Crippen molar-refractivity contribution in [1.82, 2.24) is 39.5 Å². The molecule has 152 valence electrons. The molecule has 10 nitrogen and oxygen atoms in total. The summed E-state index contributed by atoms with van der Waals surface area (Å²) in [6, 6.07) is 9.51. The zero-order valence-corrected chi connectivity index (χ0v) is 16.4. The van der Waals surface area contributed by atoms with Crippen LogP contribution in [0.15, 0.2) is 48.9 Å². The number of nitrogens with zero attached hydrogens (tertiary/aromatic N) is 8. The number of para-hydroxylation sites is 1. The number of ether oxygens (including phenoxy) is 1. The highest BCUT2D eigenvalue weighted by atomic mass is 16.5. The van der Waals surface area contributed by atoms with E-state index in [4.69, 9.17) is 4.74 Å². The van der Waals surface area contributed by atoms with E-state index in [1.807, 2.05) is 30.0 Å². The number of piperidine rings is 1. The molecular formula is C20H20N8O2. The molecule has 0 radical (unpaired) electrons. The number of hydrogen-bond acceptors (Lipinski definition) is 7. The van der Waals surface area contributed by atoms with Gasteiger partial charge in [0.2, 0.25) is 0 Å². The van der Waals surface area contributed by atoms with Gasteiger partial charge in [-0.05, 0) is 31.9 Å². The van der Waals surface area contributed by atoms with Crippen LogP contribution in [-0.4, -0.2) is 64.6 Å². The van der Waals surface area contributed by atoms with Crippen LogP contribution in [-0.2, 0) is 0 Å². The standard InChI is InChI=1S/C20H20N8O2/c1-14-24-18-8-9-21-20(27(18)25-14)30-15-5-4-12-26(13-15)19(29)16-6-2-3-7-17(16)28-22-10-11-23-28/h2-3,6-11,15H,4-5,12-13H2,1H3. The van der Waals surface area contributed by atoms with Crippen LogP contribution in [0.2, 0.25) is 0 Å². The van der Waals surface area contributed by atoms with Crippen LogP contribution >= 0.6 is 0 Å². The number of hydrogen-bond donors (Lipinski definition) is 0. The lowest BCUT2D eigenvalue weighted by atomic mass is 10.1. The van der Waals surface area contributed by atoms with E-state index in [1.54, 1.807) is 35.2 Å². The number of aromatic nitrogens is 7. The van der Waals surface area contributed by atoms with E-state index >= 15 is 0 Å². The number of likely N-dealkylation sites (tertiary alicyclic amines) is 1. The molecule has 0 N–H and O–H groups in total. The van der Waals surface area contributed by atoms with Crippen molar-refractivity contribution in [2.24, 2.45) is 0 Å². The molecule has 0 aliphatic carbocycles. The highest BCUT2D eigenvalue weighted by Gasteiger charge is 2.28.